The first-order valence-electron chi connectivity index (χ1n) is 8.88. The van der Waals surface area contributed by atoms with Gasteiger partial charge in [-0.2, -0.15) is 0 Å². The van der Waals surface area contributed by atoms with Gasteiger partial charge >= 0.3 is 0 Å². The minimum absolute atomic E-state index is 0.106. The van der Waals surface area contributed by atoms with E-state index in [1.165, 1.54) is 5.56 Å². The van der Waals surface area contributed by atoms with Gasteiger partial charge in [0.1, 0.15) is 0 Å². The highest BCUT2D eigenvalue weighted by Gasteiger charge is 2.20. The Bertz CT molecular complexity index is 727. The van der Waals surface area contributed by atoms with Crippen molar-refractivity contribution >= 4 is 17.5 Å². The molecule has 0 fully saturated rings. The molecule has 0 radical (unpaired) electrons. The maximum atomic E-state index is 12.5. The summed E-state index contributed by atoms with van der Waals surface area (Å²) in [6, 6.07) is 16.4. The second-order valence-corrected chi connectivity index (χ2v) is 6.91. The van der Waals surface area contributed by atoms with Gasteiger partial charge in [-0.3, -0.25) is 14.9 Å². The molecule has 26 heavy (non-hydrogen) atoms. The van der Waals surface area contributed by atoms with Crippen LogP contribution in [0.15, 0.2) is 54.6 Å². The monoisotopic (exact) mass is 353 g/mol. The van der Waals surface area contributed by atoms with Gasteiger partial charge in [0.25, 0.3) is 0 Å². The summed E-state index contributed by atoms with van der Waals surface area (Å²) in [5, 5.41) is 6.29. The van der Waals surface area contributed by atoms with E-state index in [4.69, 9.17) is 5.73 Å². The van der Waals surface area contributed by atoms with Crippen molar-refractivity contribution in [3.8, 4) is 0 Å². The predicted octanol–water partition coefficient (Wildman–Crippen LogP) is 3.49. The average molecular weight is 353 g/mol. The lowest BCUT2D eigenvalue weighted by atomic mass is 9.96. The lowest BCUT2D eigenvalue weighted by Crippen LogP contribution is -2.40. The Kier molecular flexibility index (Phi) is 6.92. The standard InChI is InChI=1S/C21H27N3O2/c1-14(2)13-19(16-7-5-4-6-8-16)23-15(3)21(26)24-18-11-9-17(10-12-18)20(22)25/h4-12,14-15,19,23H,13H2,1-3H3,(H2,22,25)(H,24,26)/t15-,19+/m0/s1. The lowest BCUT2D eigenvalue weighted by Gasteiger charge is -2.25. The highest BCUT2D eigenvalue weighted by Crippen LogP contribution is 2.22. The Labute approximate surface area is 155 Å². The van der Waals surface area contributed by atoms with Gasteiger partial charge < -0.3 is 11.1 Å². The summed E-state index contributed by atoms with van der Waals surface area (Å²) < 4.78 is 0. The normalized spacial score (nSPS) is 13.2. The van der Waals surface area contributed by atoms with Crippen molar-refractivity contribution in [3.63, 3.8) is 0 Å². The molecule has 4 N–H and O–H groups in total. The molecule has 0 unspecified atom stereocenters. The van der Waals surface area contributed by atoms with Crippen LogP contribution in [-0.4, -0.2) is 17.9 Å². The zero-order chi connectivity index (χ0) is 19.1. The molecule has 138 valence electrons. The maximum absolute atomic E-state index is 12.5. The van der Waals surface area contributed by atoms with Gasteiger partial charge in [-0.15, -0.1) is 0 Å². The minimum Gasteiger partial charge on any atom is -0.366 e. The molecule has 2 aromatic rings. The summed E-state index contributed by atoms with van der Waals surface area (Å²) >= 11 is 0. The Morgan fingerprint density at radius 2 is 1.58 bits per heavy atom. The lowest BCUT2D eigenvalue weighted by molar-refractivity contribution is -0.118. The number of primary amides is 1. The second-order valence-electron chi connectivity index (χ2n) is 6.91. The molecule has 0 saturated carbocycles. The van der Waals surface area contributed by atoms with Crippen molar-refractivity contribution in [3.05, 3.63) is 65.7 Å². The van der Waals surface area contributed by atoms with Crippen LogP contribution in [0, 0.1) is 5.92 Å². The zero-order valence-corrected chi connectivity index (χ0v) is 15.5. The molecule has 2 atom stereocenters. The summed E-state index contributed by atoms with van der Waals surface area (Å²) in [7, 11) is 0. The number of hydrogen-bond donors (Lipinski definition) is 3. The highest BCUT2D eigenvalue weighted by molar-refractivity contribution is 5.96. The van der Waals surface area contributed by atoms with Crippen LogP contribution in [0.2, 0.25) is 0 Å². The number of hydrogen-bond acceptors (Lipinski definition) is 3. The van der Waals surface area contributed by atoms with Crippen LogP contribution < -0.4 is 16.4 Å². The quantitative estimate of drug-likeness (QED) is 0.679. The van der Waals surface area contributed by atoms with Crippen LogP contribution in [0.1, 0.15) is 49.2 Å². The van der Waals surface area contributed by atoms with Crippen molar-refractivity contribution in [2.45, 2.75) is 39.3 Å². The molecule has 0 aliphatic rings. The predicted molar refractivity (Wildman–Crippen MR) is 105 cm³/mol. The van der Waals surface area contributed by atoms with Crippen molar-refractivity contribution in [2.24, 2.45) is 11.7 Å². The van der Waals surface area contributed by atoms with Crippen LogP contribution in [-0.2, 0) is 4.79 Å². The molecule has 2 aromatic carbocycles. The van der Waals surface area contributed by atoms with Crippen molar-refractivity contribution < 1.29 is 9.59 Å². The fraction of sp³-hybridized carbons (Fsp3) is 0.333. The van der Waals surface area contributed by atoms with E-state index in [-0.39, 0.29) is 18.0 Å². The first kappa shape index (κ1) is 19.7. The van der Waals surface area contributed by atoms with Crippen LogP contribution in [0.5, 0.6) is 0 Å². The first-order chi connectivity index (χ1) is 12.4. The Morgan fingerprint density at radius 1 is 0.962 bits per heavy atom. The SMILES string of the molecule is CC(C)C[C@@H](N[C@@H](C)C(=O)Nc1ccc(C(N)=O)cc1)c1ccccc1. The highest BCUT2D eigenvalue weighted by atomic mass is 16.2. The third-order valence-electron chi connectivity index (χ3n) is 4.19. The van der Waals surface area contributed by atoms with E-state index in [0.717, 1.165) is 6.42 Å². The van der Waals surface area contributed by atoms with Gasteiger partial charge in [0.15, 0.2) is 0 Å². The molecule has 0 saturated heterocycles. The van der Waals surface area contributed by atoms with Gasteiger partial charge in [0.05, 0.1) is 6.04 Å². The molecule has 0 aliphatic heterocycles. The molecule has 0 aliphatic carbocycles. The largest absolute Gasteiger partial charge is 0.366 e. The Hall–Kier alpha value is -2.66. The number of rotatable bonds is 8. The number of benzene rings is 2. The Morgan fingerprint density at radius 3 is 2.12 bits per heavy atom. The van der Waals surface area contributed by atoms with E-state index in [0.29, 0.717) is 17.2 Å². The van der Waals surface area contributed by atoms with Crippen molar-refractivity contribution in [1.29, 1.82) is 0 Å². The third kappa shape index (κ3) is 5.70. The van der Waals surface area contributed by atoms with E-state index in [2.05, 4.69) is 36.6 Å². The van der Waals surface area contributed by atoms with Crippen LogP contribution in [0.4, 0.5) is 5.69 Å². The Balaban J connectivity index is 2.02. The fourth-order valence-corrected chi connectivity index (χ4v) is 2.80. The van der Waals surface area contributed by atoms with Crippen LogP contribution >= 0.6 is 0 Å². The summed E-state index contributed by atoms with van der Waals surface area (Å²) in [6.07, 6.45) is 0.939. The van der Waals surface area contributed by atoms with E-state index >= 15 is 0 Å². The molecular weight excluding hydrogens is 326 g/mol. The number of nitrogens with two attached hydrogens (primary N) is 1. The van der Waals surface area contributed by atoms with Crippen LogP contribution in [0.3, 0.4) is 0 Å². The summed E-state index contributed by atoms with van der Waals surface area (Å²) in [4.78, 5) is 23.6. The maximum Gasteiger partial charge on any atom is 0.248 e. The average Bonchev–Trinajstić information content (AvgIpc) is 2.62. The summed E-state index contributed by atoms with van der Waals surface area (Å²) in [5.41, 5.74) is 7.45. The molecule has 0 aromatic heterocycles. The van der Waals surface area contributed by atoms with Crippen LogP contribution in [0.25, 0.3) is 0 Å². The first-order valence-corrected chi connectivity index (χ1v) is 8.88. The molecular formula is C21H27N3O2. The fourth-order valence-electron chi connectivity index (χ4n) is 2.80. The molecule has 0 heterocycles. The third-order valence-corrected chi connectivity index (χ3v) is 4.19. The second kappa shape index (κ2) is 9.15. The van der Waals surface area contributed by atoms with E-state index < -0.39 is 5.91 Å². The number of nitrogens with one attached hydrogen (secondary N) is 2. The van der Waals surface area contributed by atoms with E-state index in [1.807, 2.05) is 25.1 Å². The van der Waals surface area contributed by atoms with E-state index in [9.17, 15) is 9.59 Å². The van der Waals surface area contributed by atoms with Crippen molar-refractivity contribution in [1.82, 2.24) is 5.32 Å². The summed E-state index contributed by atoms with van der Waals surface area (Å²) in [6.45, 7) is 6.19. The van der Waals surface area contributed by atoms with E-state index in [1.54, 1.807) is 24.3 Å². The van der Waals surface area contributed by atoms with Gasteiger partial charge in [-0.25, -0.2) is 0 Å². The number of carbonyl (C=O) groups is 2. The molecule has 2 amide bonds. The molecule has 5 nitrogen and oxygen atoms in total. The number of carbonyl (C=O) groups excluding carboxylic acids is 2. The molecule has 5 heteroatoms. The zero-order valence-electron chi connectivity index (χ0n) is 15.5. The van der Waals surface area contributed by atoms with Gasteiger partial charge in [-0.05, 0) is 49.1 Å². The van der Waals surface area contributed by atoms with Gasteiger partial charge in [-0.1, -0.05) is 44.2 Å². The molecule has 0 bridgehead atoms. The molecule has 2 rings (SSSR count). The topological polar surface area (TPSA) is 84.2 Å². The molecule has 0 spiro atoms. The van der Waals surface area contributed by atoms with Crippen molar-refractivity contribution in [2.75, 3.05) is 5.32 Å². The summed E-state index contributed by atoms with van der Waals surface area (Å²) in [5.74, 6) is -0.108. The number of anilines is 1. The van der Waals surface area contributed by atoms with Gasteiger partial charge in [0.2, 0.25) is 11.8 Å². The minimum atomic E-state index is -0.489. The number of amides is 2. The smallest absolute Gasteiger partial charge is 0.248 e. The van der Waals surface area contributed by atoms with Gasteiger partial charge in [0, 0.05) is 17.3 Å².